The maximum absolute atomic E-state index is 11.9. The SMILES string of the molecule is COC1(CNC(=O)[C@H]2CCCNC2)CCC1. The molecular weight excluding hydrogens is 204 g/mol. The molecule has 0 aromatic carbocycles. The lowest BCUT2D eigenvalue weighted by molar-refractivity contribution is -0.129. The van der Waals surface area contributed by atoms with Crippen LogP contribution in [0.5, 0.6) is 0 Å². The number of piperidine rings is 1. The third-order valence-electron chi connectivity index (χ3n) is 3.95. The summed E-state index contributed by atoms with van der Waals surface area (Å²) in [5.41, 5.74) is -0.0578. The molecule has 1 saturated heterocycles. The average Bonchev–Trinajstić information content (AvgIpc) is 2.29. The lowest BCUT2D eigenvalue weighted by Crippen LogP contribution is -2.51. The first-order chi connectivity index (χ1) is 7.76. The minimum Gasteiger partial charge on any atom is -0.376 e. The molecule has 1 amide bonds. The van der Waals surface area contributed by atoms with Crippen LogP contribution in [0.1, 0.15) is 32.1 Å². The van der Waals surface area contributed by atoms with Crippen LogP contribution >= 0.6 is 0 Å². The number of rotatable bonds is 4. The van der Waals surface area contributed by atoms with Crippen molar-refractivity contribution in [2.45, 2.75) is 37.7 Å². The van der Waals surface area contributed by atoms with Crippen molar-refractivity contribution >= 4 is 5.91 Å². The van der Waals surface area contributed by atoms with Gasteiger partial charge in [0.2, 0.25) is 5.91 Å². The number of nitrogens with one attached hydrogen (secondary N) is 2. The summed E-state index contributed by atoms with van der Waals surface area (Å²) in [6.45, 7) is 2.55. The number of hydrogen-bond acceptors (Lipinski definition) is 3. The van der Waals surface area contributed by atoms with Crippen LogP contribution < -0.4 is 10.6 Å². The molecule has 1 saturated carbocycles. The van der Waals surface area contributed by atoms with Crippen molar-refractivity contribution in [1.29, 1.82) is 0 Å². The third kappa shape index (κ3) is 2.55. The Balaban J connectivity index is 1.74. The van der Waals surface area contributed by atoms with E-state index in [1.807, 2.05) is 0 Å². The van der Waals surface area contributed by atoms with Crippen LogP contribution in [-0.4, -0.2) is 38.3 Å². The van der Waals surface area contributed by atoms with E-state index in [0.717, 1.165) is 38.8 Å². The minimum atomic E-state index is -0.0578. The summed E-state index contributed by atoms with van der Waals surface area (Å²) in [6.07, 6.45) is 5.49. The monoisotopic (exact) mass is 226 g/mol. The summed E-state index contributed by atoms with van der Waals surface area (Å²) in [5.74, 6) is 0.346. The van der Waals surface area contributed by atoms with E-state index < -0.39 is 0 Å². The summed E-state index contributed by atoms with van der Waals surface area (Å²) in [5, 5.41) is 6.30. The normalized spacial score (nSPS) is 28.2. The zero-order valence-electron chi connectivity index (χ0n) is 10.1. The quantitative estimate of drug-likeness (QED) is 0.741. The molecule has 2 fully saturated rings. The highest BCUT2D eigenvalue weighted by Gasteiger charge is 2.37. The summed E-state index contributed by atoms with van der Waals surface area (Å²) < 4.78 is 5.48. The van der Waals surface area contributed by atoms with Crippen LogP contribution in [-0.2, 0) is 9.53 Å². The number of ether oxygens (including phenoxy) is 1. The van der Waals surface area contributed by atoms with Crippen LogP contribution in [0, 0.1) is 5.92 Å². The van der Waals surface area contributed by atoms with Gasteiger partial charge in [-0.1, -0.05) is 0 Å². The first-order valence-electron chi connectivity index (χ1n) is 6.29. The van der Waals surface area contributed by atoms with E-state index >= 15 is 0 Å². The van der Waals surface area contributed by atoms with Gasteiger partial charge in [-0.05, 0) is 38.6 Å². The highest BCUT2D eigenvalue weighted by Crippen LogP contribution is 2.34. The second-order valence-corrected chi connectivity index (χ2v) is 5.00. The number of methoxy groups -OCH3 is 1. The van der Waals surface area contributed by atoms with E-state index in [1.165, 1.54) is 6.42 Å². The molecule has 0 radical (unpaired) electrons. The zero-order chi connectivity index (χ0) is 11.4. The highest BCUT2D eigenvalue weighted by atomic mass is 16.5. The fourth-order valence-corrected chi connectivity index (χ4v) is 2.49. The number of carbonyl (C=O) groups excluding carboxylic acids is 1. The Labute approximate surface area is 97.1 Å². The van der Waals surface area contributed by atoms with Gasteiger partial charge in [0.15, 0.2) is 0 Å². The van der Waals surface area contributed by atoms with Crippen molar-refractivity contribution in [3.63, 3.8) is 0 Å². The predicted octanol–water partition coefficient (Wildman–Crippen LogP) is 0.671. The van der Waals surface area contributed by atoms with Gasteiger partial charge in [0.1, 0.15) is 0 Å². The van der Waals surface area contributed by atoms with E-state index in [2.05, 4.69) is 10.6 Å². The lowest BCUT2D eigenvalue weighted by atomic mass is 9.80. The van der Waals surface area contributed by atoms with Gasteiger partial charge in [0.25, 0.3) is 0 Å². The molecule has 2 rings (SSSR count). The van der Waals surface area contributed by atoms with Gasteiger partial charge in [0, 0.05) is 20.2 Å². The van der Waals surface area contributed by atoms with E-state index in [1.54, 1.807) is 7.11 Å². The second-order valence-electron chi connectivity index (χ2n) is 5.00. The molecule has 1 atom stereocenters. The van der Waals surface area contributed by atoms with Crippen LogP contribution in [0.4, 0.5) is 0 Å². The van der Waals surface area contributed by atoms with E-state index in [4.69, 9.17) is 4.74 Å². The first kappa shape index (κ1) is 11.9. The zero-order valence-corrected chi connectivity index (χ0v) is 10.1. The Morgan fingerprint density at radius 1 is 1.50 bits per heavy atom. The summed E-state index contributed by atoms with van der Waals surface area (Å²) in [4.78, 5) is 11.9. The summed E-state index contributed by atoms with van der Waals surface area (Å²) in [7, 11) is 1.74. The van der Waals surface area contributed by atoms with Crippen molar-refractivity contribution < 1.29 is 9.53 Å². The molecule has 4 heteroatoms. The molecular formula is C12H22N2O2. The molecule has 2 N–H and O–H groups in total. The van der Waals surface area contributed by atoms with E-state index in [-0.39, 0.29) is 17.4 Å². The van der Waals surface area contributed by atoms with Gasteiger partial charge >= 0.3 is 0 Å². The maximum atomic E-state index is 11.9. The van der Waals surface area contributed by atoms with Gasteiger partial charge in [-0.2, -0.15) is 0 Å². The molecule has 0 aromatic rings. The third-order valence-corrected chi connectivity index (χ3v) is 3.95. The van der Waals surface area contributed by atoms with E-state index in [0.29, 0.717) is 6.54 Å². The molecule has 0 bridgehead atoms. The largest absolute Gasteiger partial charge is 0.376 e. The van der Waals surface area contributed by atoms with Crippen LogP contribution in [0.25, 0.3) is 0 Å². The van der Waals surface area contributed by atoms with Gasteiger partial charge in [-0.25, -0.2) is 0 Å². The van der Waals surface area contributed by atoms with Crippen LogP contribution in [0.15, 0.2) is 0 Å². The lowest BCUT2D eigenvalue weighted by Gasteiger charge is -2.40. The van der Waals surface area contributed by atoms with Crippen LogP contribution in [0.2, 0.25) is 0 Å². The minimum absolute atomic E-state index is 0.0578. The standard InChI is InChI=1S/C12H22N2O2/c1-16-12(5-3-6-12)9-14-11(15)10-4-2-7-13-8-10/h10,13H,2-9H2,1H3,(H,14,15)/t10-/m0/s1. The van der Waals surface area contributed by atoms with Gasteiger partial charge in [0.05, 0.1) is 11.5 Å². The topological polar surface area (TPSA) is 50.4 Å². The van der Waals surface area contributed by atoms with Crippen molar-refractivity contribution in [2.75, 3.05) is 26.7 Å². The number of amides is 1. The molecule has 0 aromatic heterocycles. The molecule has 0 spiro atoms. The Hall–Kier alpha value is -0.610. The number of carbonyl (C=O) groups is 1. The predicted molar refractivity (Wildman–Crippen MR) is 62.2 cm³/mol. The molecule has 1 aliphatic heterocycles. The van der Waals surface area contributed by atoms with E-state index in [9.17, 15) is 4.79 Å². The molecule has 4 nitrogen and oxygen atoms in total. The Bertz CT molecular complexity index is 240. The van der Waals surface area contributed by atoms with Crippen molar-refractivity contribution in [1.82, 2.24) is 10.6 Å². The average molecular weight is 226 g/mol. The molecule has 1 heterocycles. The molecule has 1 aliphatic carbocycles. The Morgan fingerprint density at radius 3 is 2.81 bits per heavy atom. The smallest absolute Gasteiger partial charge is 0.224 e. The molecule has 0 unspecified atom stereocenters. The van der Waals surface area contributed by atoms with Gasteiger partial charge in [-0.3, -0.25) is 4.79 Å². The second kappa shape index (κ2) is 5.15. The van der Waals surface area contributed by atoms with Crippen molar-refractivity contribution in [2.24, 2.45) is 5.92 Å². The summed E-state index contributed by atoms with van der Waals surface area (Å²) >= 11 is 0. The Morgan fingerprint density at radius 2 is 2.31 bits per heavy atom. The first-order valence-corrected chi connectivity index (χ1v) is 6.29. The highest BCUT2D eigenvalue weighted by molar-refractivity contribution is 5.79. The van der Waals surface area contributed by atoms with Gasteiger partial charge < -0.3 is 15.4 Å². The van der Waals surface area contributed by atoms with Gasteiger partial charge in [-0.15, -0.1) is 0 Å². The fraction of sp³-hybridized carbons (Fsp3) is 0.917. The van der Waals surface area contributed by atoms with Crippen LogP contribution in [0.3, 0.4) is 0 Å². The molecule has 92 valence electrons. The fourth-order valence-electron chi connectivity index (χ4n) is 2.49. The van der Waals surface area contributed by atoms with Crippen molar-refractivity contribution in [3.8, 4) is 0 Å². The Kier molecular flexibility index (Phi) is 3.82. The van der Waals surface area contributed by atoms with Crippen molar-refractivity contribution in [3.05, 3.63) is 0 Å². The number of hydrogen-bond donors (Lipinski definition) is 2. The maximum Gasteiger partial charge on any atom is 0.224 e. The molecule has 16 heavy (non-hydrogen) atoms. The summed E-state index contributed by atoms with van der Waals surface area (Å²) in [6, 6.07) is 0. The molecule has 2 aliphatic rings.